The van der Waals surface area contributed by atoms with Gasteiger partial charge < -0.3 is 5.32 Å². The van der Waals surface area contributed by atoms with Crippen molar-refractivity contribution < 1.29 is 0 Å². The van der Waals surface area contributed by atoms with Crippen molar-refractivity contribution in [3.63, 3.8) is 0 Å². The first-order valence-electron chi connectivity index (χ1n) is 8.24. The van der Waals surface area contributed by atoms with Crippen LogP contribution in [0.15, 0.2) is 36.0 Å². The Morgan fingerprint density at radius 3 is 2.50 bits per heavy atom. The summed E-state index contributed by atoms with van der Waals surface area (Å²) in [6.45, 7) is 14.0. The van der Waals surface area contributed by atoms with E-state index in [4.69, 9.17) is 0 Å². The fourth-order valence-corrected chi connectivity index (χ4v) is 2.92. The smallest absolute Gasteiger partial charge is 0.00672 e. The van der Waals surface area contributed by atoms with Crippen molar-refractivity contribution in [1.82, 2.24) is 5.32 Å². The monoisotopic (exact) mass is 275 g/mol. The van der Waals surface area contributed by atoms with Crippen LogP contribution in [0.25, 0.3) is 0 Å². The minimum atomic E-state index is 0.652. The van der Waals surface area contributed by atoms with Gasteiger partial charge >= 0.3 is 0 Å². The van der Waals surface area contributed by atoms with Gasteiger partial charge in [0, 0.05) is 6.04 Å². The number of hydrogen-bond acceptors (Lipinski definition) is 1. The van der Waals surface area contributed by atoms with Gasteiger partial charge in [-0.15, -0.1) is 0 Å². The van der Waals surface area contributed by atoms with Crippen LogP contribution in [0.2, 0.25) is 0 Å². The molecule has 1 aliphatic carbocycles. The molecule has 0 aromatic carbocycles. The predicted octanol–water partition coefficient (Wildman–Crippen LogP) is 5.26. The topological polar surface area (TPSA) is 12.0 Å². The Balaban J connectivity index is 2.30. The molecular weight excluding hydrogens is 242 g/mol. The van der Waals surface area contributed by atoms with E-state index in [1.807, 2.05) is 12.2 Å². The molecule has 1 nitrogen and oxygen atoms in total. The fourth-order valence-electron chi connectivity index (χ4n) is 2.92. The van der Waals surface area contributed by atoms with E-state index >= 15 is 0 Å². The van der Waals surface area contributed by atoms with E-state index in [2.05, 4.69) is 45.7 Å². The molecule has 1 unspecified atom stereocenters. The third-order valence-electron chi connectivity index (χ3n) is 4.87. The van der Waals surface area contributed by atoms with Crippen molar-refractivity contribution in [2.24, 2.45) is 11.8 Å². The molecule has 0 amide bonds. The van der Waals surface area contributed by atoms with Crippen LogP contribution >= 0.6 is 0 Å². The standard InChI is InChI=1S/C19H33N/c1-6-7-8-16(3)18(5)17(4)13-14-20-19-11-9-15(2)10-12-19/h6-8,15,17,19-20H,1,9-14H2,2-5H3/b8-7-,18-16+. The van der Waals surface area contributed by atoms with Crippen molar-refractivity contribution in [2.75, 3.05) is 6.54 Å². The lowest BCUT2D eigenvalue weighted by Gasteiger charge is -2.27. The number of nitrogens with one attached hydrogen (secondary N) is 1. The average molecular weight is 275 g/mol. The second kappa shape index (κ2) is 9.18. The van der Waals surface area contributed by atoms with Gasteiger partial charge in [0.25, 0.3) is 0 Å². The van der Waals surface area contributed by atoms with Crippen molar-refractivity contribution in [3.05, 3.63) is 36.0 Å². The molecule has 1 fully saturated rings. The molecule has 0 aromatic rings. The van der Waals surface area contributed by atoms with Crippen molar-refractivity contribution in [3.8, 4) is 0 Å². The summed E-state index contributed by atoms with van der Waals surface area (Å²) in [6, 6.07) is 0.768. The first-order valence-corrected chi connectivity index (χ1v) is 8.24. The van der Waals surface area contributed by atoms with E-state index in [0.717, 1.165) is 18.5 Å². The van der Waals surface area contributed by atoms with Crippen LogP contribution in [-0.4, -0.2) is 12.6 Å². The lowest BCUT2D eigenvalue weighted by atomic mass is 9.87. The highest BCUT2D eigenvalue weighted by molar-refractivity contribution is 5.25. The van der Waals surface area contributed by atoms with Gasteiger partial charge in [0.05, 0.1) is 0 Å². The summed E-state index contributed by atoms with van der Waals surface area (Å²) in [5.41, 5.74) is 2.88. The van der Waals surface area contributed by atoms with Crippen molar-refractivity contribution in [1.29, 1.82) is 0 Å². The quantitative estimate of drug-likeness (QED) is 0.625. The Labute approximate surface area is 126 Å². The summed E-state index contributed by atoms with van der Waals surface area (Å²) in [5, 5.41) is 3.75. The van der Waals surface area contributed by atoms with Crippen LogP contribution in [0.1, 0.15) is 59.8 Å². The molecule has 0 saturated heterocycles. The molecule has 1 aliphatic rings. The van der Waals surface area contributed by atoms with Gasteiger partial charge in [-0.25, -0.2) is 0 Å². The minimum absolute atomic E-state index is 0.652. The molecule has 114 valence electrons. The number of allylic oxidation sites excluding steroid dienone is 5. The Hall–Kier alpha value is -0.820. The molecule has 0 bridgehead atoms. The largest absolute Gasteiger partial charge is 0.314 e. The second-order valence-corrected chi connectivity index (χ2v) is 6.56. The van der Waals surface area contributed by atoms with Crippen LogP contribution in [0, 0.1) is 11.8 Å². The first-order chi connectivity index (χ1) is 9.54. The summed E-state index contributed by atoms with van der Waals surface area (Å²) in [6.07, 6.45) is 12.8. The van der Waals surface area contributed by atoms with E-state index in [1.165, 1.54) is 43.3 Å². The van der Waals surface area contributed by atoms with Gasteiger partial charge in [0.2, 0.25) is 0 Å². The van der Waals surface area contributed by atoms with E-state index in [-0.39, 0.29) is 0 Å². The molecule has 0 aromatic heterocycles. The fraction of sp³-hybridized carbons (Fsp3) is 0.684. The zero-order chi connectivity index (χ0) is 15.0. The Kier molecular flexibility index (Phi) is 7.91. The van der Waals surface area contributed by atoms with E-state index in [9.17, 15) is 0 Å². The Morgan fingerprint density at radius 1 is 1.25 bits per heavy atom. The second-order valence-electron chi connectivity index (χ2n) is 6.56. The van der Waals surface area contributed by atoms with Gasteiger partial charge in [-0.2, -0.15) is 0 Å². The van der Waals surface area contributed by atoms with Crippen molar-refractivity contribution >= 4 is 0 Å². The summed E-state index contributed by atoms with van der Waals surface area (Å²) in [4.78, 5) is 0. The van der Waals surface area contributed by atoms with Crippen LogP contribution in [-0.2, 0) is 0 Å². The first kappa shape index (κ1) is 17.2. The van der Waals surface area contributed by atoms with E-state index < -0.39 is 0 Å². The summed E-state index contributed by atoms with van der Waals surface area (Å²) in [7, 11) is 0. The van der Waals surface area contributed by atoms with Crippen LogP contribution in [0.5, 0.6) is 0 Å². The molecule has 0 radical (unpaired) electrons. The molecule has 0 heterocycles. The summed E-state index contributed by atoms with van der Waals surface area (Å²) >= 11 is 0. The predicted molar refractivity (Wildman–Crippen MR) is 90.9 cm³/mol. The number of rotatable bonds is 7. The van der Waals surface area contributed by atoms with Crippen LogP contribution in [0.3, 0.4) is 0 Å². The third-order valence-corrected chi connectivity index (χ3v) is 4.87. The van der Waals surface area contributed by atoms with Gasteiger partial charge in [-0.3, -0.25) is 0 Å². The lowest BCUT2D eigenvalue weighted by molar-refractivity contribution is 0.304. The maximum Gasteiger partial charge on any atom is 0.00672 e. The van der Waals surface area contributed by atoms with Gasteiger partial charge in [0.1, 0.15) is 0 Å². The van der Waals surface area contributed by atoms with Crippen LogP contribution < -0.4 is 5.32 Å². The summed E-state index contributed by atoms with van der Waals surface area (Å²) < 4.78 is 0. The molecule has 20 heavy (non-hydrogen) atoms. The van der Waals surface area contributed by atoms with Gasteiger partial charge in [-0.05, 0) is 64.3 Å². The molecule has 1 atom stereocenters. The van der Waals surface area contributed by atoms with Gasteiger partial charge in [-0.1, -0.05) is 49.8 Å². The molecule has 1 N–H and O–H groups in total. The van der Waals surface area contributed by atoms with E-state index in [0.29, 0.717) is 5.92 Å². The highest BCUT2D eigenvalue weighted by atomic mass is 14.9. The minimum Gasteiger partial charge on any atom is -0.314 e. The molecule has 1 rings (SSSR count). The molecule has 0 aliphatic heterocycles. The zero-order valence-corrected chi connectivity index (χ0v) is 13.9. The maximum atomic E-state index is 3.75. The van der Waals surface area contributed by atoms with E-state index in [1.54, 1.807) is 0 Å². The van der Waals surface area contributed by atoms with Crippen molar-refractivity contribution in [2.45, 2.75) is 65.8 Å². The zero-order valence-electron chi connectivity index (χ0n) is 13.9. The average Bonchev–Trinajstić information content (AvgIpc) is 2.45. The molecule has 0 spiro atoms. The maximum absolute atomic E-state index is 3.75. The molecular formula is C19H33N. The molecule has 1 heteroatoms. The van der Waals surface area contributed by atoms with Gasteiger partial charge in [0.15, 0.2) is 0 Å². The SMILES string of the molecule is C=C/C=C\C(C)=C(/C)C(C)CCNC1CCC(C)CC1. The summed E-state index contributed by atoms with van der Waals surface area (Å²) in [5.74, 6) is 1.59. The highest BCUT2D eigenvalue weighted by Gasteiger charge is 2.17. The third kappa shape index (κ3) is 6.09. The normalized spacial score (nSPS) is 26.4. The highest BCUT2D eigenvalue weighted by Crippen LogP contribution is 2.24. The Morgan fingerprint density at radius 2 is 1.90 bits per heavy atom. The Bertz CT molecular complexity index is 343. The van der Waals surface area contributed by atoms with Crippen LogP contribution in [0.4, 0.5) is 0 Å². The molecule has 1 saturated carbocycles. The number of hydrogen-bond donors (Lipinski definition) is 1. The lowest BCUT2D eigenvalue weighted by Crippen LogP contribution is -2.34.